The van der Waals surface area contributed by atoms with Crippen molar-refractivity contribution >= 4 is 23.0 Å². The molecule has 0 aliphatic carbocycles. The van der Waals surface area contributed by atoms with Crippen LogP contribution in [0.2, 0.25) is 0 Å². The van der Waals surface area contributed by atoms with Gasteiger partial charge in [-0.15, -0.1) is 0 Å². The SMILES string of the molecule is CCOc1cccc(N(CC)CCC(N)=S)n1. The Hall–Kier alpha value is -1.36. The number of hydrogen-bond donors (Lipinski definition) is 1. The smallest absolute Gasteiger partial charge is 0.215 e. The molecule has 0 saturated carbocycles. The molecular weight excluding hydrogens is 234 g/mol. The summed E-state index contributed by atoms with van der Waals surface area (Å²) in [7, 11) is 0. The van der Waals surface area contributed by atoms with E-state index < -0.39 is 0 Å². The maximum atomic E-state index is 5.51. The second-order valence-corrected chi connectivity index (χ2v) is 4.09. The summed E-state index contributed by atoms with van der Waals surface area (Å²) in [5.41, 5.74) is 5.51. The molecule has 0 spiro atoms. The fourth-order valence-electron chi connectivity index (χ4n) is 1.49. The minimum Gasteiger partial charge on any atom is -0.478 e. The number of anilines is 1. The minimum absolute atomic E-state index is 0.532. The second kappa shape index (κ2) is 7.06. The Bertz CT molecular complexity index is 371. The monoisotopic (exact) mass is 253 g/mol. The van der Waals surface area contributed by atoms with Crippen molar-refractivity contribution in [3.05, 3.63) is 18.2 Å². The van der Waals surface area contributed by atoms with Gasteiger partial charge in [0.25, 0.3) is 0 Å². The van der Waals surface area contributed by atoms with Crippen LogP contribution < -0.4 is 15.4 Å². The average Bonchev–Trinajstić information content (AvgIpc) is 2.30. The van der Waals surface area contributed by atoms with Crippen molar-refractivity contribution in [1.29, 1.82) is 0 Å². The predicted molar refractivity (Wildman–Crippen MR) is 74.7 cm³/mol. The summed E-state index contributed by atoms with van der Waals surface area (Å²) in [4.78, 5) is 7.09. The molecule has 0 atom stereocenters. The van der Waals surface area contributed by atoms with Crippen molar-refractivity contribution in [2.75, 3.05) is 24.6 Å². The first-order valence-corrected chi connectivity index (χ1v) is 6.21. The molecule has 0 fully saturated rings. The van der Waals surface area contributed by atoms with Gasteiger partial charge in [0, 0.05) is 25.6 Å². The van der Waals surface area contributed by atoms with Crippen LogP contribution in [0.5, 0.6) is 5.88 Å². The fourth-order valence-corrected chi connectivity index (χ4v) is 1.58. The lowest BCUT2D eigenvalue weighted by atomic mass is 10.3. The summed E-state index contributed by atoms with van der Waals surface area (Å²) in [6.45, 7) is 6.29. The molecule has 0 aromatic carbocycles. The van der Waals surface area contributed by atoms with Crippen molar-refractivity contribution in [3.8, 4) is 5.88 Å². The van der Waals surface area contributed by atoms with Crippen LogP contribution in [0.15, 0.2) is 18.2 Å². The highest BCUT2D eigenvalue weighted by Gasteiger charge is 2.07. The third kappa shape index (κ3) is 4.56. The zero-order chi connectivity index (χ0) is 12.7. The summed E-state index contributed by atoms with van der Waals surface area (Å²) < 4.78 is 5.38. The van der Waals surface area contributed by atoms with Gasteiger partial charge in [-0.3, -0.25) is 0 Å². The van der Waals surface area contributed by atoms with E-state index in [2.05, 4.69) is 16.8 Å². The lowest BCUT2D eigenvalue weighted by Gasteiger charge is -2.21. The average molecular weight is 253 g/mol. The van der Waals surface area contributed by atoms with Crippen molar-refractivity contribution in [1.82, 2.24) is 4.98 Å². The van der Waals surface area contributed by atoms with Gasteiger partial charge in [0.05, 0.1) is 11.6 Å². The third-order valence-corrected chi connectivity index (χ3v) is 2.54. The van der Waals surface area contributed by atoms with Gasteiger partial charge in [-0.05, 0) is 19.9 Å². The normalized spacial score (nSPS) is 10.0. The standard InChI is InChI=1S/C12H19N3OS/c1-3-15(9-8-10(13)17)11-6-5-7-12(14-11)16-4-2/h5-7H,3-4,8-9H2,1-2H3,(H2,13,17). The third-order valence-electron chi connectivity index (χ3n) is 2.33. The molecule has 0 amide bonds. The molecule has 0 aliphatic heterocycles. The van der Waals surface area contributed by atoms with Crippen LogP contribution in [0.4, 0.5) is 5.82 Å². The van der Waals surface area contributed by atoms with Gasteiger partial charge in [0.2, 0.25) is 5.88 Å². The number of hydrogen-bond acceptors (Lipinski definition) is 4. The number of thiocarbonyl (C=S) groups is 1. The molecule has 0 unspecified atom stereocenters. The van der Waals surface area contributed by atoms with E-state index in [0.717, 1.165) is 18.9 Å². The number of ether oxygens (including phenoxy) is 1. The first kappa shape index (κ1) is 13.7. The largest absolute Gasteiger partial charge is 0.478 e. The van der Waals surface area contributed by atoms with Gasteiger partial charge in [-0.2, -0.15) is 4.98 Å². The molecule has 2 N–H and O–H groups in total. The number of aromatic nitrogens is 1. The summed E-state index contributed by atoms with van der Waals surface area (Å²) >= 11 is 4.89. The van der Waals surface area contributed by atoms with Crippen LogP contribution in [-0.2, 0) is 0 Å². The summed E-state index contributed by atoms with van der Waals surface area (Å²) in [6.07, 6.45) is 0.698. The summed E-state index contributed by atoms with van der Waals surface area (Å²) in [5.74, 6) is 1.55. The Kier molecular flexibility index (Phi) is 5.69. The topological polar surface area (TPSA) is 51.4 Å². The highest BCUT2D eigenvalue weighted by Crippen LogP contribution is 2.15. The Balaban J connectivity index is 2.73. The minimum atomic E-state index is 0.532. The van der Waals surface area contributed by atoms with Gasteiger partial charge in [0.15, 0.2) is 0 Å². The Morgan fingerprint density at radius 3 is 2.82 bits per heavy atom. The van der Waals surface area contributed by atoms with E-state index in [4.69, 9.17) is 22.7 Å². The van der Waals surface area contributed by atoms with Gasteiger partial charge in [-0.1, -0.05) is 18.3 Å². The lowest BCUT2D eigenvalue weighted by Crippen LogP contribution is -2.28. The second-order valence-electron chi connectivity index (χ2n) is 3.56. The fraction of sp³-hybridized carbons (Fsp3) is 0.500. The molecule has 1 aromatic rings. The Morgan fingerprint density at radius 2 is 2.24 bits per heavy atom. The number of nitrogens with two attached hydrogens (primary N) is 1. The lowest BCUT2D eigenvalue weighted by molar-refractivity contribution is 0.327. The van der Waals surface area contributed by atoms with Gasteiger partial charge in [0.1, 0.15) is 5.82 Å². The molecule has 4 nitrogen and oxygen atoms in total. The first-order chi connectivity index (χ1) is 8.17. The highest BCUT2D eigenvalue weighted by atomic mass is 32.1. The molecule has 0 aliphatic rings. The van der Waals surface area contributed by atoms with Crippen molar-refractivity contribution in [3.63, 3.8) is 0 Å². The van der Waals surface area contributed by atoms with Gasteiger partial charge >= 0.3 is 0 Å². The maximum Gasteiger partial charge on any atom is 0.215 e. The molecular formula is C12H19N3OS. The van der Waals surface area contributed by atoms with Crippen molar-refractivity contribution < 1.29 is 4.74 Å². The van der Waals surface area contributed by atoms with Gasteiger partial charge < -0.3 is 15.4 Å². The van der Waals surface area contributed by atoms with Crippen LogP contribution in [0, 0.1) is 0 Å². The Labute approximate surface area is 108 Å². The molecule has 94 valence electrons. The van der Waals surface area contributed by atoms with Crippen LogP contribution in [-0.4, -0.2) is 29.7 Å². The van der Waals surface area contributed by atoms with E-state index in [9.17, 15) is 0 Å². The van der Waals surface area contributed by atoms with E-state index in [0.29, 0.717) is 23.9 Å². The molecule has 0 saturated heterocycles. The van der Waals surface area contributed by atoms with Crippen LogP contribution in [0.1, 0.15) is 20.3 Å². The predicted octanol–water partition coefficient (Wildman–Crippen LogP) is 1.98. The van der Waals surface area contributed by atoms with Crippen molar-refractivity contribution in [2.45, 2.75) is 20.3 Å². The van der Waals surface area contributed by atoms with Crippen LogP contribution in [0.3, 0.4) is 0 Å². The molecule has 0 bridgehead atoms. The molecule has 0 radical (unpaired) electrons. The molecule has 17 heavy (non-hydrogen) atoms. The van der Waals surface area contributed by atoms with Crippen LogP contribution in [0.25, 0.3) is 0 Å². The van der Waals surface area contributed by atoms with E-state index >= 15 is 0 Å². The zero-order valence-corrected chi connectivity index (χ0v) is 11.2. The van der Waals surface area contributed by atoms with Crippen molar-refractivity contribution in [2.24, 2.45) is 5.73 Å². The zero-order valence-electron chi connectivity index (χ0n) is 10.3. The highest BCUT2D eigenvalue weighted by molar-refractivity contribution is 7.80. The van der Waals surface area contributed by atoms with E-state index in [1.54, 1.807) is 0 Å². The molecule has 5 heteroatoms. The number of rotatable bonds is 7. The maximum absolute atomic E-state index is 5.51. The molecule has 1 aromatic heterocycles. The van der Waals surface area contributed by atoms with E-state index in [-0.39, 0.29) is 0 Å². The molecule has 1 heterocycles. The number of pyridine rings is 1. The first-order valence-electron chi connectivity index (χ1n) is 5.80. The number of nitrogens with zero attached hydrogens (tertiary/aromatic N) is 2. The summed E-state index contributed by atoms with van der Waals surface area (Å²) in [5, 5.41) is 0. The molecule has 1 rings (SSSR count). The van der Waals surface area contributed by atoms with Gasteiger partial charge in [-0.25, -0.2) is 0 Å². The van der Waals surface area contributed by atoms with E-state index in [1.807, 2.05) is 25.1 Å². The Morgan fingerprint density at radius 1 is 1.47 bits per heavy atom. The quantitative estimate of drug-likeness (QED) is 0.753. The van der Waals surface area contributed by atoms with Crippen LogP contribution >= 0.6 is 12.2 Å². The summed E-state index contributed by atoms with van der Waals surface area (Å²) in [6, 6.07) is 5.76. The van der Waals surface area contributed by atoms with E-state index in [1.165, 1.54) is 0 Å².